The second kappa shape index (κ2) is 8.42. The van der Waals surface area contributed by atoms with Gasteiger partial charge < -0.3 is 15.6 Å². The number of piperidine rings is 1. The Morgan fingerprint density at radius 3 is 2.84 bits per heavy atom. The molecule has 2 aromatic carbocycles. The minimum absolute atomic E-state index is 0.0426. The highest BCUT2D eigenvalue weighted by atomic mass is 19.1. The van der Waals surface area contributed by atoms with Gasteiger partial charge in [-0.25, -0.2) is 14.4 Å². The molecule has 2 aromatic heterocycles. The minimum Gasteiger partial charge on any atom is -0.368 e. The summed E-state index contributed by atoms with van der Waals surface area (Å²) in [4.78, 5) is 27.0. The Morgan fingerprint density at radius 2 is 2.00 bits per heavy atom. The summed E-state index contributed by atoms with van der Waals surface area (Å²) in [7, 11) is 0. The summed E-state index contributed by atoms with van der Waals surface area (Å²) in [5, 5.41) is 1.08. The number of rotatable bonds is 4. The third-order valence-corrected chi connectivity index (χ3v) is 6.17. The van der Waals surface area contributed by atoms with Gasteiger partial charge >= 0.3 is 0 Å². The molecule has 1 aliphatic rings. The number of fused-ring (bicyclic) bond motifs is 1. The first-order valence-corrected chi connectivity index (χ1v) is 10.8. The van der Waals surface area contributed by atoms with Crippen LogP contribution in [0.15, 0.2) is 60.9 Å². The summed E-state index contributed by atoms with van der Waals surface area (Å²) >= 11 is 0. The molecule has 4 aromatic rings. The molecule has 1 atom stereocenters. The van der Waals surface area contributed by atoms with Crippen LogP contribution in [0.5, 0.6) is 0 Å². The summed E-state index contributed by atoms with van der Waals surface area (Å²) in [5.41, 5.74) is 10.4. The van der Waals surface area contributed by atoms with Crippen LogP contribution in [-0.4, -0.2) is 38.8 Å². The number of benzene rings is 2. The normalized spacial score (nSPS) is 16.4. The fourth-order valence-corrected chi connectivity index (χ4v) is 4.55. The molecule has 1 aliphatic heterocycles. The van der Waals surface area contributed by atoms with Gasteiger partial charge in [-0.2, -0.15) is 0 Å². The largest absolute Gasteiger partial charge is 0.368 e. The molecule has 1 unspecified atom stereocenters. The molecule has 1 fully saturated rings. The number of likely N-dealkylation sites (tertiary alicyclic amines) is 1. The Hall–Kier alpha value is -3.74. The number of nitrogens with zero attached hydrogens (tertiary/aromatic N) is 3. The van der Waals surface area contributed by atoms with E-state index in [9.17, 15) is 9.18 Å². The van der Waals surface area contributed by atoms with Crippen LogP contribution in [0.1, 0.15) is 30.0 Å². The molecule has 5 rings (SSSR count). The first-order valence-electron chi connectivity index (χ1n) is 10.8. The van der Waals surface area contributed by atoms with Gasteiger partial charge in [0.05, 0.1) is 12.1 Å². The van der Waals surface area contributed by atoms with Gasteiger partial charge in [0.2, 0.25) is 11.9 Å². The van der Waals surface area contributed by atoms with Gasteiger partial charge in [-0.3, -0.25) is 4.79 Å². The van der Waals surface area contributed by atoms with Gasteiger partial charge in [0, 0.05) is 47.9 Å². The average Bonchev–Trinajstić information content (AvgIpc) is 3.22. The lowest BCUT2D eigenvalue weighted by atomic mass is 9.89. The second-order valence-electron chi connectivity index (χ2n) is 8.25. The number of nitrogens with two attached hydrogens (primary N) is 1. The summed E-state index contributed by atoms with van der Waals surface area (Å²) < 4.78 is 13.4. The lowest BCUT2D eigenvalue weighted by Crippen LogP contribution is -2.40. The molecule has 0 saturated carbocycles. The van der Waals surface area contributed by atoms with E-state index in [4.69, 9.17) is 5.73 Å². The van der Waals surface area contributed by atoms with E-state index in [2.05, 4.69) is 15.0 Å². The SMILES string of the molecule is Nc1ncc(-c2ccc(F)cc2)c(C2CCCN(C(=O)Cc3c[nH]c4ccccc34)C2)n1. The number of H-pyrrole nitrogens is 1. The van der Waals surface area contributed by atoms with E-state index >= 15 is 0 Å². The van der Waals surface area contributed by atoms with E-state index in [-0.39, 0.29) is 23.6 Å². The van der Waals surface area contributed by atoms with Crippen molar-refractivity contribution in [2.45, 2.75) is 25.2 Å². The van der Waals surface area contributed by atoms with Crippen LogP contribution in [0, 0.1) is 5.82 Å². The number of anilines is 1. The van der Waals surface area contributed by atoms with Crippen molar-refractivity contribution in [2.24, 2.45) is 0 Å². The molecule has 1 amide bonds. The average molecular weight is 429 g/mol. The van der Waals surface area contributed by atoms with Crippen LogP contribution in [0.25, 0.3) is 22.0 Å². The molecule has 7 heteroatoms. The first-order chi connectivity index (χ1) is 15.6. The Bertz CT molecular complexity index is 1270. The molecule has 3 N–H and O–H groups in total. The van der Waals surface area contributed by atoms with Crippen LogP contribution in [0.4, 0.5) is 10.3 Å². The van der Waals surface area contributed by atoms with Gasteiger partial charge in [0.15, 0.2) is 0 Å². The molecule has 6 nitrogen and oxygen atoms in total. The maximum atomic E-state index is 13.4. The van der Waals surface area contributed by atoms with Gasteiger partial charge in [-0.05, 0) is 42.2 Å². The number of nitrogen functional groups attached to an aromatic ring is 1. The van der Waals surface area contributed by atoms with Crippen molar-refractivity contribution in [3.8, 4) is 11.1 Å². The fourth-order valence-electron chi connectivity index (χ4n) is 4.55. The van der Waals surface area contributed by atoms with Crippen molar-refractivity contribution < 1.29 is 9.18 Å². The number of hydrogen-bond donors (Lipinski definition) is 2. The molecule has 0 bridgehead atoms. The van der Waals surface area contributed by atoms with Crippen LogP contribution in [-0.2, 0) is 11.2 Å². The standard InChI is InChI=1S/C25H24FN5O/c26-19-9-7-16(8-10-19)21-14-29-25(27)30-24(21)17-4-3-11-31(15-17)23(32)12-18-13-28-22-6-2-1-5-20(18)22/h1-2,5-10,13-14,17,28H,3-4,11-12,15H2,(H2,27,29,30). The van der Waals surface area contributed by atoms with Gasteiger partial charge in [0.1, 0.15) is 5.82 Å². The minimum atomic E-state index is -0.293. The third kappa shape index (κ3) is 3.93. The maximum Gasteiger partial charge on any atom is 0.227 e. The number of halogens is 1. The van der Waals surface area contributed by atoms with E-state index in [0.29, 0.717) is 13.0 Å². The van der Waals surface area contributed by atoms with E-state index in [1.807, 2.05) is 35.4 Å². The van der Waals surface area contributed by atoms with Crippen molar-refractivity contribution in [3.05, 3.63) is 78.0 Å². The monoisotopic (exact) mass is 429 g/mol. The number of hydrogen-bond acceptors (Lipinski definition) is 4. The van der Waals surface area contributed by atoms with Crippen molar-refractivity contribution in [3.63, 3.8) is 0 Å². The first kappa shape index (κ1) is 20.2. The highest BCUT2D eigenvalue weighted by Crippen LogP contribution is 2.33. The molecular weight excluding hydrogens is 405 g/mol. The third-order valence-electron chi connectivity index (χ3n) is 6.17. The fraction of sp³-hybridized carbons (Fsp3) is 0.240. The van der Waals surface area contributed by atoms with Gasteiger partial charge in [0.25, 0.3) is 0 Å². The molecule has 162 valence electrons. The van der Waals surface area contributed by atoms with Crippen LogP contribution in [0.3, 0.4) is 0 Å². The van der Waals surface area contributed by atoms with E-state index in [1.165, 1.54) is 12.1 Å². The zero-order chi connectivity index (χ0) is 22.1. The molecule has 0 radical (unpaired) electrons. The Kier molecular flexibility index (Phi) is 5.31. The summed E-state index contributed by atoms with van der Waals surface area (Å²) in [5.74, 6) is 0.0531. The van der Waals surface area contributed by atoms with Crippen molar-refractivity contribution in [2.75, 3.05) is 18.8 Å². The lowest BCUT2D eigenvalue weighted by molar-refractivity contribution is -0.131. The smallest absolute Gasteiger partial charge is 0.227 e. The topological polar surface area (TPSA) is 87.9 Å². The summed E-state index contributed by atoms with van der Waals surface area (Å²) in [6, 6.07) is 14.3. The van der Waals surface area contributed by atoms with Crippen molar-refractivity contribution in [1.82, 2.24) is 19.9 Å². The van der Waals surface area contributed by atoms with Gasteiger partial charge in [-0.15, -0.1) is 0 Å². The number of amides is 1. The molecule has 0 aliphatic carbocycles. The quantitative estimate of drug-likeness (QED) is 0.506. The summed E-state index contributed by atoms with van der Waals surface area (Å²) in [6.07, 6.45) is 5.76. The van der Waals surface area contributed by atoms with E-state index in [0.717, 1.165) is 52.7 Å². The number of para-hydroxylation sites is 1. The molecule has 0 spiro atoms. The highest BCUT2D eigenvalue weighted by Gasteiger charge is 2.28. The predicted molar refractivity (Wildman–Crippen MR) is 122 cm³/mol. The zero-order valence-electron chi connectivity index (χ0n) is 17.6. The Morgan fingerprint density at radius 1 is 1.19 bits per heavy atom. The zero-order valence-corrected chi connectivity index (χ0v) is 17.6. The molecule has 3 heterocycles. The molecular formula is C25H24FN5O. The summed E-state index contributed by atoms with van der Waals surface area (Å²) in [6.45, 7) is 1.30. The lowest BCUT2D eigenvalue weighted by Gasteiger charge is -2.33. The maximum absolute atomic E-state index is 13.4. The number of aromatic amines is 1. The molecule has 1 saturated heterocycles. The van der Waals surface area contributed by atoms with Crippen molar-refractivity contribution in [1.29, 1.82) is 0 Å². The van der Waals surface area contributed by atoms with E-state index < -0.39 is 0 Å². The van der Waals surface area contributed by atoms with Gasteiger partial charge in [-0.1, -0.05) is 30.3 Å². The molecule has 32 heavy (non-hydrogen) atoms. The Balaban J connectivity index is 1.38. The number of nitrogens with one attached hydrogen (secondary N) is 1. The van der Waals surface area contributed by atoms with Crippen LogP contribution < -0.4 is 5.73 Å². The Labute approximate surface area is 185 Å². The highest BCUT2D eigenvalue weighted by molar-refractivity contribution is 5.89. The van der Waals surface area contributed by atoms with Crippen LogP contribution in [0.2, 0.25) is 0 Å². The number of aromatic nitrogens is 3. The number of carbonyl (C=O) groups is 1. The van der Waals surface area contributed by atoms with Crippen molar-refractivity contribution >= 4 is 22.8 Å². The number of carbonyl (C=O) groups excluding carboxylic acids is 1. The van der Waals surface area contributed by atoms with Crippen LogP contribution >= 0.6 is 0 Å². The predicted octanol–water partition coefficient (Wildman–Crippen LogP) is 4.29. The van der Waals surface area contributed by atoms with E-state index in [1.54, 1.807) is 18.3 Å². The second-order valence-corrected chi connectivity index (χ2v) is 8.25.